The van der Waals surface area contributed by atoms with Crippen LogP contribution in [0, 0.1) is 5.41 Å². The maximum atomic E-state index is 8.43. The molecule has 0 aromatic rings. The van der Waals surface area contributed by atoms with Gasteiger partial charge in [0.05, 0.1) is 79.3 Å². The van der Waals surface area contributed by atoms with Gasteiger partial charge in [0.2, 0.25) is 0 Å². The highest BCUT2D eigenvalue weighted by atomic mass is 16.5. The largest absolute Gasteiger partial charge is 0.396 e. The lowest BCUT2D eigenvalue weighted by Gasteiger charge is -2.16. The van der Waals surface area contributed by atoms with Gasteiger partial charge < -0.3 is 44.8 Å². The van der Waals surface area contributed by atoms with Crippen molar-refractivity contribution in [1.29, 1.82) is 0 Å². The average molecular weight is 360 g/mol. The van der Waals surface area contributed by atoms with E-state index in [-0.39, 0.29) is 45.1 Å². The van der Waals surface area contributed by atoms with Crippen molar-refractivity contribution in [2.75, 3.05) is 79.3 Å². The lowest BCUT2D eigenvalue weighted by molar-refractivity contribution is 0.0222. The van der Waals surface area contributed by atoms with Crippen LogP contribution in [-0.4, -0.2) is 110 Å². The van der Waals surface area contributed by atoms with Gasteiger partial charge >= 0.3 is 0 Å². The molecule has 0 fully saturated rings. The van der Waals surface area contributed by atoms with E-state index in [1.807, 2.05) is 0 Å². The van der Waals surface area contributed by atoms with Gasteiger partial charge in [0, 0.05) is 5.41 Å². The number of rotatable bonds is 13. The van der Waals surface area contributed by atoms with Crippen LogP contribution in [0.1, 0.15) is 13.8 Å². The molecule has 0 heterocycles. The predicted molar refractivity (Wildman–Crippen MR) is 88.8 cm³/mol. The SMILES string of the molecule is CC(C)(CO)CO.OCCOCCO.OCCOCCOCCO. The van der Waals surface area contributed by atoms with E-state index in [4.69, 9.17) is 40.1 Å². The molecule has 0 atom stereocenters. The summed E-state index contributed by atoms with van der Waals surface area (Å²) < 4.78 is 14.4. The molecule has 0 radical (unpaired) electrons. The summed E-state index contributed by atoms with van der Waals surface area (Å²) in [6.07, 6.45) is 0. The van der Waals surface area contributed by atoms with Gasteiger partial charge in [0.15, 0.2) is 0 Å². The number of ether oxygens (including phenoxy) is 3. The van der Waals surface area contributed by atoms with Crippen LogP contribution in [0.15, 0.2) is 0 Å². The van der Waals surface area contributed by atoms with Crippen LogP contribution < -0.4 is 0 Å². The Morgan fingerprint density at radius 1 is 0.500 bits per heavy atom. The lowest BCUT2D eigenvalue weighted by atomic mass is 9.97. The summed E-state index contributed by atoms with van der Waals surface area (Å²) in [5, 5.41) is 49.6. The minimum atomic E-state index is -0.306. The first-order valence-electron chi connectivity index (χ1n) is 7.84. The highest BCUT2D eigenvalue weighted by molar-refractivity contribution is 4.62. The second-order valence-corrected chi connectivity index (χ2v) is 5.21. The summed E-state index contributed by atoms with van der Waals surface area (Å²) in [7, 11) is 0. The van der Waals surface area contributed by atoms with Gasteiger partial charge in [-0.15, -0.1) is 0 Å². The Labute approximate surface area is 144 Å². The lowest BCUT2D eigenvalue weighted by Crippen LogP contribution is -2.20. The third-order valence-electron chi connectivity index (χ3n) is 2.17. The molecule has 0 amide bonds. The van der Waals surface area contributed by atoms with Crippen molar-refractivity contribution in [3.63, 3.8) is 0 Å². The number of aliphatic hydroxyl groups is 6. The van der Waals surface area contributed by atoms with Crippen LogP contribution in [-0.2, 0) is 14.2 Å². The third kappa shape index (κ3) is 33.3. The average Bonchev–Trinajstić information content (AvgIpc) is 2.60. The standard InChI is InChI=1S/C6H14O4.C5H12O2.C4H10O3/c7-1-3-9-5-6-10-4-2-8;1-5(2,3-6)4-7;5-1-3-7-4-2-6/h7-8H,1-6H2;6-7H,3-4H2,1-2H3;5-6H,1-4H2. The number of hydrogen-bond acceptors (Lipinski definition) is 9. The van der Waals surface area contributed by atoms with E-state index in [1.165, 1.54) is 0 Å². The summed E-state index contributed by atoms with van der Waals surface area (Å²) in [6.45, 7) is 6.11. The fourth-order valence-corrected chi connectivity index (χ4v) is 0.732. The minimum Gasteiger partial charge on any atom is -0.396 e. The van der Waals surface area contributed by atoms with Gasteiger partial charge in [0.25, 0.3) is 0 Å². The molecule has 0 saturated heterocycles. The fourth-order valence-electron chi connectivity index (χ4n) is 0.732. The van der Waals surface area contributed by atoms with Crippen molar-refractivity contribution >= 4 is 0 Å². The molecule has 0 rings (SSSR count). The summed E-state index contributed by atoms with van der Waals surface area (Å²) >= 11 is 0. The molecule has 0 unspecified atom stereocenters. The van der Waals surface area contributed by atoms with Crippen LogP contribution in [0.2, 0.25) is 0 Å². The first kappa shape index (κ1) is 28.4. The molecule has 0 aliphatic heterocycles. The minimum absolute atomic E-state index is 0.0278. The first-order valence-corrected chi connectivity index (χ1v) is 7.84. The molecule has 0 saturated carbocycles. The summed E-state index contributed by atoms with van der Waals surface area (Å²) in [5.41, 5.74) is -0.306. The van der Waals surface area contributed by atoms with Crippen LogP contribution in [0.3, 0.4) is 0 Å². The van der Waals surface area contributed by atoms with Crippen LogP contribution in [0.4, 0.5) is 0 Å². The molecular formula is C15H36O9. The third-order valence-corrected chi connectivity index (χ3v) is 2.17. The van der Waals surface area contributed by atoms with E-state index in [9.17, 15) is 0 Å². The van der Waals surface area contributed by atoms with Crippen molar-refractivity contribution < 1.29 is 44.8 Å². The first-order chi connectivity index (χ1) is 11.4. The van der Waals surface area contributed by atoms with Gasteiger partial charge in [-0.2, -0.15) is 0 Å². The Bertz CT molecular complexity index is 185. The maximum absolute atomic E-state index is 8.43. The molecule has 6 N–H and O–H groups in total. The zero-order chi connectivity index (χ0) is 19.1. The van der Waals surface area contributed by atoms with Gasteiger partial charge in [-0.25, -0.2) is 0 Å². The number of hydrogen-bond donors (Lipinski definition) is 6. The summed E-state index contributed by atoms with van der Waals surface area (Å²) in [6, 6.07) is 0. The highest BCUT2D eigenvalue weighted by Crippen LogP contribution is 2.10. The fraction of sp³-hybridized carbons (Fsp3) is 1.00. The molecule has 0 aromatic heterocycles. The van der Waals surface area contributed by atoms with E-state index in [1.54, 1.807) is 13.8 Å². The Morgan fingerprint density at radius 3 is 0.917 bits per heavy atom. The quantitative estimate of drug-likeness (QED) is 0.205. The molecule has 9 heteroatoms. The van der Waals surface area contributed by atoms with Gasteiger partial charge in [-0.05, 0) is 0 Å². The Kier molecular flexibility index (Phi) is 29.5. The van der Waals surface area contributed by atoms with Crippen LogP contribution in [0.5, 0.6) is 0 Å². The molecule has 0 aliphatic rings. The molecule has 24 heavy (non-hydrogen) atoms. The van der Waals surface area contributed by atoms with Crippen molar-refractivity contribution in [2.45, 2.75) is 13.8 Å². The zero-order valence-electron chi connectivity index (χ0n) is 14.9. The van der Waals surface area contributed by atoms with Crippen molar-refractivity contribution in [2.24, 2.45) is 5.41 Å². The topological polar surface area (TPSA) is 149 Å². The molecule has 0 spiro atoms. The van der Waals surface area contributed by atoms with Gasteiger partial charge in [-0.3, -0.25) is 0 Å². The normalized spacial score (nSPS) is 10.5. The Hall–Kier alpha value is -0.360. The second-order valence-electron chi connectivity index (χ2n) is 5.21. The molecular weight excluding hydrogens is 324 g/mol. The smallest absolute Gasteiger partial charge is 0.0701 e. The number of aliphatic hydroxyl groups excluding tert-OH is 6. The van der Waals surface area contributed by atoms with E-state index in [0.717, 1.165) is 0 Å². The van der Waals surface area contributed by atoms with Gasteiger partial charge in [0.1, 0.15) is 0 Å². The van der Waals surface area contributed by atoms with E-state index < -0.39 is 0 Å². The molecule has 0 aliphatic carbocycles. The van der Waals surface area contributed by atoms with E-state index >= 15 is 0 Å². The monoisotopic (exact) mass is 360 g/mol. The van der Waals surface area contributed by atoms with Crippen molar-refractivity contribution in [3.05, 3.63) is 0 Å². The Balaban J connectivity index is -0.000000283. The van der Waals surface area contributed by atoms with Crippen molar-refractivity contribution in [1.82, 2.24) is 0 Å². The molecule has 0 aromatic carbocycles. The van der Waals surface area contributed by atoms with Crippen molar-refractivity contribution in [3.8, 4) is 0 Å². The van der Waals surface area contributed by atoms with E-state index in [0.29, 0.717) is 39.6 Å². The molecule has 150 valence electrons. The molecule has 9 nitrogen and oxygen atoms in total. The summed E-state index contributed by atoms with van der Waals surface area (Å²) in [4.78, 5) is 0. The predicted octanol–water partition coefficient (Wildman–Crippen LogP) is -2.01. The van der Waals surface area contributed by atoms with E-state index in [2.05, 4.69) is 4.74 Å². The summed E-state index contributed by atoms with van der Waals surface area (Å²) in [5.74, 6) is 0. The second kappa shape index (κ2) is 24.9. The Morgan fingerprint density at radius 2 is 0.750 bits per heavy atom. The van der Waals surface area contributed by atoms with Crippen LogP contribution in [0.25, 0.3) is 0 Å². The molecule has 0 bridgehead atoms. The highest BCUT2D eigenvalue weighted by Gasteiger charge is 2.13. The zero-order valence-corrected chi connectivity index (χ0v) is 14.9. The van der Waals surface area contributed by atoms with Gasteiger partial charge in [-0.1, -0.05) is 13.8 Å². The maximum Gasteiger partial charge on any atom is 0.0701 e. The van der Waals surface area contributed by atoms with Crippen LogP contribution >= 0.6 is 0 Å².